The van der Waals surface area contributed by atoms with Crippen LogP contribution in [0.2, 0.25) is 0 Å². The topological polar surface area (TPSA) is 9.23 Å². The molecule has 1 atom stereocenters. The van der Waals surface area contributed by atoms with E-state index in [1.54, 1.807) is 0 Å². The first-order valence-electron chi connectivity index (χ1n) is 6.21. The van der Waals surface area contributed by atoms with Crippen molar-refractivity contribution in [2.45, 2.75) is 45.6 Å². The van der Waals surface area contributed by atoms with Crippen LogP contribution in [-0.2, 0) is 11.2 Å². The molecule has 2 rings (SSSR count). The average Bonchev–Trinajstić information content (AvgIpc) is 2.68. The molecule has 0 aliphatic carbocycles. The van der Waals surface area contributed by atoms with Crippen LogP contribution in [0.3, 0.4) is 0 Å². The first-order chi connectivity index (χ1) is 7.54. The monoisotopic (exact) mass is 218 g/mol. The molecule has 1 aliphatic rings. The first kappa shape index (κ1) is 11.7. The van der Waals surface area contributed by atoms with Crippen molar-refractivity contribution < 1.29 is 4.74 Å². The summed E-state index contributed by atoms with van der Waals surface area (Å²) in [6.07, 6.45) is 3.48. The average molecular weight is 218 g/mol. The Morgan fingerprint density at radius 3 is 2.50 bits per heavy atom. The van der Waals surface area contributed by atoms with Crippen molar-refractivity contribution in [2.24, 2.45) is 5.41 Å². The third-order valence-electron chi connectivity index (χ3n) is 4.14. The lowest BCUT2D eigenvalue weighted by atomic mass is 9.70. The summed E-state index contributed by atoms with van der Waals surface area (Å²) in [7, 11) is 0. The maximum atomic E-state index is 5.98. The number of hydrogen-bond acceptors (Lipinski definition) is 1. The minimum atomic E-state index is 0.0445. The van der Waals surface area contributed by atoms with Crippen molar-refractivity contribution in [1.82, 2.24) is 0 Å². The van der Waals surface area contributed by atoms with Crippen molar-refractivity contribution in [1.29, 1.82) is 0 Å². The third kappa shape index (κ3) is 2.15. The molecule has 16 heavy (non-hydrogen) atoms. The Kier molecular flexibility index (Phi) is 3.07. The van der Waals surface area contributed by atoms with E-state index in [0.29, 0.717) is 0 Å². The number of benzene rings is 1. The molecule has 0 aromatic heterocycles. The fourth-order valence-corrected chi connectivity index (χ4v) is 2.61. The number of hydrogen-bond donors (Lipinski definition) is 0. The SMILES string of the molecule is CC(C)(Cc1ccccc1)[C@]1(C)CCCO1. The van der Waals surface area contributed by atoms with Gasteiger partial charge in [0.05, 0.1) is 5.60 Å². The van der Waals surface area contributed by atoms with Gasteiger partial charge in [0.15, 0.2) is 0 Å². The van der Waals surface area contributed by atoms with Gasteiger partial charge in [-0.2, -0.15) is 0 Å². The van der Waals surface area contributed by atoms with Crippen LogP contribution in [0.1, 0.15) is 39.2 Å². The Morgan fingerprint density at radius 1 is 1.25 bits per heavy atom. The molecule has 0 bridgehead atoms. The Bertz CT molecular complexity index is 334. The molecule has 1 aromatic rings. The predicted octanol–water partition coefficient (Wildman–Crippen LogP) is 3.82. The molecule has 1 nitrogen and oxygen atoms in total. The standard InChI is InChI=1S/C15H22O/c1-14(2,15(3)10-7-11-16-15)12-13-8-5-4-6-9-13/h4-6,8-9H,7,10-12H2,1-3H3/t15-/m0/s1. The van der Waals surface area contributed by atoms with Gasteiger partial charge in [0.1, 0.15) is 0 Å². The maximum Gasteiger partial charge on any atom is 0.0709 e. The van der Waals surface area contributed by atoms with E-state index in [1.807, 2.05) is 0 Å². The van der Waals surface area contributed by atoms with Gasteiger partial charge >= 0.3 is 0 Å². The molecule has 1 aromatic carbocycles. The predicted molar refractivity (Wildman–Crippen MR) is 67.5 cm³/mol. The van der Waals surface area contributed by atoms with E-state index in [-0.39, 0.29) is 11.0 Å². The van der Waals surface area contributed by atoms with Crippen molar-refractivity contribution in [3.05, 3.63) is 35.9 Å². The van der Waals surface area contributed by atoms with E-state index in [9.17, 15) is 0 Å². The Hall–Kier alpha value is -0.820. The zero-order valence-electron chi connectivity index (χ0n) is 10.6. The van der Waals surface area contributed by atoms with Crippen LogP contribution < -0.4 is 0 Å². The Labute approximate surface area is 98.8 Å². The summed E-state index contributed by atoms with van der Waals surface area (Å²) in [5.74, 6) is 0. The second-order valence-corrected chi connectivity index (χ2v) is 5.73. The van der Waals surface area contributed by atoms with Crippen LogP contribution in [0.15, 0.2) is 30.3 Å². The van der Waals surface area contributed by atoms with Gasteiger partial charge in [0.2, 0.25) is 0 Å². The molecule has 1 heterocycles. The lowest BCUT2D eigenvalue weighted by Gasteiger charge is -2.41. The van der Waals surface area contributed by atoms with Crippen LogP contribution in [0.5, 0.6) is 0 Å². The normalized spacial score (nSPS) is 25.9. The molecule has 88 valence electrons. The highest BCUT2D eigenvalue weighted by atomic mass is 16.5. The highest BCUT2D eigenvalue weighted by molar-refractivity contribution is 5.17. The third-order valence-corrected chi connectivity index (χ3v) is 4.14. The van der Waals surface area contributed by atoms with Crippen molar-refractivity contribution in [3.8, 4) is 0 Å². The van der Waals surface area contributed by atoms with E-state index in [1.165, 1.54) is 18.4 Å². The van der Waals surface area contributed by atoms with E-state index in [4.69, 9.17) is 4.74 Å². The minimum absolute atomic E-state index is 0.0445. The van der Waals surface area contributed by atoms with E-state index < -0.39 is 0 Å². The van der Waals surface area contributed by atoms with Crippen molar-refractivity contribution in [2.75, 3.05) is 6.61 Å². The van der Waals surface area contributed by atoms with Crippen LogP contribution in [-0.4, -0.2) is 12.2 Å². The lowest BCUT2D eigenvalue weighted by Crippen LogP contribution is -2.42. The fraction of sp³-hybridized carbons (Fsp3) is 0.600. The number of rotatable bonds is 3. The smallest absolute Gasteiger partial charge is 0.0709 e. The zero-order valence-corrected chi connectivity index (χ0v) is 10.6. The minimum Gasteiger partial charge on any atom is -0.375 e. The molecular weight excluding hydrogens is 196 g/mol. The summed E-state index contributed by atoms with van der Waals surface area (Å²) in [6.45, 7) is 7.84. The highest BCUT2D eigenvalue weighted by Crippen LogP contribution is 2.43. The van der Waals surface area contributed by atoms with E-state index >= 15 is 0 Å². The molecular formula is C15H22O. The first-order valence-corrected chi connectivity index (χ1v) is 6.21. The van der Waals surface area contributed by atoms with Gasteiger partial charge in [-0.15, -0.1) is 0 Å². The van der Waals surface area contributed by atoms with E-state index in [2.05, 4.69) is 51.1 Å². The zero-order chi connectivity index (χ0) is 11.6. The Balaban J connectivity index is 2.13. The molecule has 0 N–H and O–H groups in total. The number of ether oxygens (including phenoxy) is 1. The summed E-state index contributed by atoms with van der Waals surface area (Å²) < 4.78 is 5.98. The van der Waals surface area contributed by atoms with Gasteiger partial charge in [-0.05, 0) is 37.2 Å². The van der Waals surface area contributed by atoms with Gasteiger partial charge in [0, 0.05) is 6.61 Å². The van der Waals surface area contributed by atoms with Gasteiger partial charge in [-0.25, -0.2) is 0 Å². The van der Waals surface area contributed by atoms with E-state index in [0.717, 1.165) is 13.0 Å². The molecule has 0 saturated carbocycles. The second-order valence-electron chi connectivity index (χ2n) is 5.73. The summed E-state index contributed by atoms with van der Waals surface area (Å²) in [4.78, 5) is 0. The quantitative estimate of drug-likeness (QED) is 0.749. The maximum absolute atomic E-state index is 5.98. The largest absolute Gasteiger partial charge is 0.375 e. The Morgan fingerprint density at radius 2 is 1.94 bits per heavy atom. The fourth-order valence-electron chi connectivity index (χ4n) is 2.61. The molecule has 0 unspecified atom stereocenters. The van der Waals surface area contributed by atoms with Crippen LogP contribution in [0, 0.1) is 5.41 Å². The summed E-state index contributed by atoms with van der Waals surface area (Å²) in [5, 5.41) is 0. The highest BCUT2D eigenvalue weighted by Gasteiger charge is 2.44. The summed E-state index contributed by atoms with van der Waals surface area (Å²) in [6, 6.07) is 10.7. The molecule has 0 spiro atoms. The van der Waals surface area contributed by atoms with Crippen LogP contribution in [0.25, 0.3) is 0 Å². The van der Waals surface area contributed by atoms with Crippen LogP contribution in [0.4, 0.5) is 0 Å². The molecule has 1 aliphatic heterocycles. The molecule has 1 heteroatoms. The summed E-state index contributed by atoms with van der Waals surface area (Å²) in [5.41, 5.74) is 1.65. The van der Waals surface area contributed by atoms with Gasteiger partial charge in [-0.1, -0.05) is 44.2 Å². The second kappa shape index (κ2) is 4.21. The molecule has 1 fully saturated rings. The van der Waals surface area contributed by atoms with Gasteiger partial charge in [0.25, 0.3) is 0 Å². The molecule has 0 amide bonds. The van der Waals surface area contributed by atoms with Gasteiger partial charge in [-0.3, -0.25) is 0 Å². The van der Waals surface area contributed by atoms with Crippen molar-refractivity contribution >= 4 is 0 Å². The van der Waals surface area contributed by atoms with Gasteiger partial charge < -0.3 is 4.74 Å². The molecule has 0 radical (unpaired) electrons. The summed E-state index contributed by atoms with van der Waals surface area (Å²) >= 11 is 0. The van der Waals surface area contributed by atoms with Crippen molar-refractivity contribution in [3.63, 3.8) is 0 Å². The van der Waals surface area contributed by atoms with Crippen LogP contribution >= 0.6 is 0 Å². The molecule has 1 saturated heterocycles. The lowest BCUT2D eigenvalue weighted by molar-refractivity contribution is -0.0709.